The Hall–Kier alpha value is -4.19. The van der Waals surface area contributed by atoms with Crippen molar-refractivity contribution in [2.24, 2.45) is 0 Å². The van der Waals surface area contributed by atoms with Crippen molar-refractivity contribution in [2.75, 3.05) is 13.2 Å². The third kappa shape index (κ3) is 56.6. The predicted octanol–water partition coefficient (Wildman–Crippen LogP) is 19.6. The Balaban J connectivity index is 4.16. The summed E-state index contributed by atoms with van der Waals surface area (Å²) in [7, 11) is 0. The molecular formula is C65H106O6. The zero-order valence-electron chi connectivity index (χ0n) is 45.9. The Morgan fingerprint density at radius 3 is 0.859 bits per heavy atom. The summed E-state index contributed by atoms with van der Waals surface area (Å²) in [6, 6.07) is 0. The van der Waals surface area contributed by atoms with Crippen LogP contribution in [0, 0.1) is 0 Å². The Labute approximate surface area is 437 Å². The van der Waals surface area contributed by atoms with Crippen LogP contribution in [0.1, 0.15) is 252 Å². The minimum absolute atomic E-state index is 0.0875. The monoisotopic (exact) mass is 983 g/mol. The fraction of sp³-hybridized carbons (Fsp3) is 0.646. The van der Waals surface area contributed by atoms with Gasteiger partial charge in [-0.3, -0.25) is 14.4 Å². The molecule has 402 valence electrons. The second-order valence-electron chi connectivity index (χ2n) is 18.8. The highest BCUT2D eigenvalue weighted by molar-refractivity contribution is 5.71. The quantitative estimate of drug-likeness (QED) is 0.0261. The van der Waals surface area contributed by atoms with Gasteiger partial charge in [0.25, 0.3) is 0 Å². The summed E-state index contributed by atoms with van der Waals surface area (Å²) in [6.45, 7) is 6.31. The average Bonchev–Trinajstić information content (AvgIpc) is 3.37. The standard InChI is InChI=1S/C65H106O6/c1-4-7-10-13-15-17-19-21-23-25-27-29-31-32-34-35-37-39-41-43-45-47-49-52-55-58-64(67)70-61-62(60-69-63(66)57-54-51-12-9-6-3)71-65(68)59-56-53-50-48-46-44-42-40-38-36-33-30-28-26-24-22-20-18-16-14-11-8-5-2/h7-8,10-11,15-18,21-24,27-30,32,34,37,39,62H,4-6,9,12-14,19-20,25-26,31,33,35-36,38,40-61H2,1-3H3/b10-7-,11-8-,17-15-,18-16-,23-21-,24-22-,29-27-,30-28-,34-32-,39-37-. The molecule has 0 bridgehead atoms. The molecule has 0 aromatic rings. The van der Waals surface area contributed by atoms with Crippen molar-refractivity contribution in [2.45, 2.75) is 258 Å². The second kappa shape index (κ2) is 58.4. The van der Waals surface area contributed by atoms with Crippen molar-refractivity contribution in [1.29, 1.82) is 0 Å². The Kier molecular flexibility index (Phi) is 54.9. The van der Waals surface area contributed by atoms with Crippen LogP contribution in [0.5, 0.6) is 0 Å². The topological polar surface area (TPSA) is 78.9 Å². The van der Waals surface area contributed by atoms with E-state index in [1.54, 1.807) is 0 Å². The highest BCUT2D eigenvalue weighted by Gasteiger charge is 2.19. The van der Waals surface area contributed by atoms with E-state index in [4.69, 9.17) is 14.2 Å². The van der Waals surface area contributed by atoms with Gasteiger partial charge in [0.1, 0.15) is 13.2 Å². The zero-order valence-corrected chi connectivity index (χ0v) is 45.9. The number of hydrogen-bond acceptors (Lipinski definition) is 6. The van der Waals surface area contributed by atoms with Gasteiger partial charge in [-0.15, -0.1) is 0 Å². The lowest BCUT2D eigenvalue weighted by atomic mass is 10.0. The van der Waals surface area contributed by atoms with Crippen molar-refractivity contribution in [3.8, 4) is 0 Å². The summed E-state index contributed by atoms with van der Waals surface area (Å²) in [5, 5.41) is 0. The van der Waals surface area contributed by atoms with Gasteiger partial charge in [-0.2, -0.15) is 0 Å². The number of ether oxygens (including phenoxy) is 3. The maximum atomic E-state index is 12.8. The van der Waals surface area contributed by atoms with Gasteiger partial charge in [0.2, 0.25) is 0 Å². The van der Waals surface area contributed by atoms with Crippen molar-refractivity contribution in [3.05, 3.63) is 122 Å². The van der Waals surface area contributed by atoms with E-state index in [-0.39, 0.29) is 31.1 Å². The van der Waals surface area contributed by atoms with Crippen LogP contribution >= 0.6 is 0 Å². The Morgan fingerprint density at radius 2 is 0.549 bits per heavy atom. The van der Waals surface area contributed by atoms with Crippen LogP contribution in [0.15, 0.2) is 122 Å². The molecule has 6 heteroatoms. The molecule has 0 spiro atoms. The molecule has 1 unspecified atom stereocenters. The van der Waals surface area contributed by atoms with Gasteiger partial charge < -0.3 is 14.2 Å². The molecule has 0 saturated carbocycles. The molecule has 0 aromatic carbocycles. The lowest BCUT2D eigenvalue weighted by Gasteiger charge is -2.18. The lowest BCUT2D eigenvalue weighted by molar-refractivity contribution is -0.167. The SMILES string of the molecule is CC/C=C\C/C=C\C/C=C\C/C=C\C/C=C\C/C=C\CCCCCCCCC(=O)OCC(COC(=O)CCCCCCC)OC(=O)CCCCCCCCCCCC/C=C\C/C=C\C/C=C\C/C=C\CC. The lowest BCUT2D eigenvalue weighted by Crippen LogP contribution is -2.30. The number of carbonyl (C=O) groups excluding carboxylic acids is 3. The number of rotatable bonds is 51. The van der Waals surface area contributed by atoms with Crippen LogP contribution < -0.4 is 0 Å². The summed E-state index contributed by atoms with van der Waals surface area (Å²) >= 11 is 0. The molecule has 6 nitrogen and oxygen atoms in total. The van der Waals surface area contributed by atoms with E-state index >= 15 is 0 Å². The van der Waals surface area contributed by atoms with Gasteiger partial charge >= 0.3 is 17.9 Å². The molecule has 0 fully saturated rings. The number of allylic oxidation sites excluding steroid dienone is 20. The fourth-order valence-electron chi connectivity index (χ4n) is 7.67. The van der Waals surface area contributed by atoms with E-state index in [1.165, 1.54) is 70.6 Å². The second-order valence-corrected chi connectivity index (χ2v) is 18.8. The first-order valence-electron chi connectivity index (χ1n) is 29.0. The zero-order chi connectivity index (χ0) is 51.4. The van der Waals surface area contributed by atoms with Crippen LogP contribution in [0.2, 0.25) is 0 Å². The Bertz CT molecular complexity index is 1500. The minimum atomic E-state index is -0.787. The summed E-state index contributed by atoms with van der Waals surface area (Å²) in [6.07, 6.45) is 80.9. The number of esters is 3. The molecule has 0 aliphatic carbocycles. The molecule has 0 heterocycles. The van der Waals surface area contributed by atoms with E-state index in [2.05, 4.69) is 142 Å². The third-order valence-electron chi connectivity index (χ3n) is 12.0. The molecular weight excluding hydrogens is 877 g/mol. The largest absolute Gasteiger partial charge is 0.462 e. The summed E-state index contributed by atoms with van der Waals surface area (Å²) in [5.41, 5.74) is 0. The van der Waals surface area contributed by atoms with Crippen LogP contribution in [0.4, 0.5) is 0 Å². The number of unbranched alkanes of at least 4 members (excludes halogenated alkanes) is 20. The highest BCUT2D eigenvalue weighted by Crippen LogP contribution is 2.15. The van der Waals surface area contributed by atoms with Crippen molar-refractivity contribution < 1.29 is 28.6 Å². The molecule has 0 aliphatic rings. The van der Waals surface area contributed by atoms with Gasteiger partial charge in [-0.1, -0.05) is 245 Å². The highest BCUT2D eigenvalue weighted by atomic mass is 16.6. The summed E-state index contributed by atoms with van der Waals surface area (Å²) in [4.78, 5) is 37.8. The normalized spacial score (nSPS) is 13.0. The Morgan fingerprint density at radius 1 is 0.296 bits per heavy atom. The predicted molar refractivity (Wildman–Crippen MR) is 306 cm³/mol. The molecule has 0 rings (SSSR count). The third-order valence-corrected chi connectivity index (χ3v) is 12.0. The minimum Gasteiger partial charge on any atom is -0.462 e. The van der Waals surface area contributed by atoms with Crippen molar-refractivity contribution in [1.82, 2.24) is 0 Å². The molecule has 0 saturated heterocycles. The molecule has 1 atom stereocenters. The molecule has 0 radical (unpaired) electrons. The molecule has 0 aliphatic heterocycles. The van der Waals surface area contributed by atoms with E-state index in [0.717, 1.165) is 141 Å². The first kappa shape index (κ1) is 66.8. The molecule has 0 N–H and O–H groups in total. The average molecular weight is 984 g/mol. The van der Waals surface area contributed by atoms with Crippen LogP contribution in [-0.2, 0) is 28.6 Å². The smallest absolute Gasteiger partial charge is 0.306 e. The van der Waals surface area contributed by atoms with Gasteiger partial charge in [0, 0.05) is 19.3 Å². The number of hydrogen-bond donors (Lipinski definition) is 0. The van der Waals surface area contributed by atoms with E-state index in [0.29, 0.717) is 19.3 Å². The van der Waals surface area contributed by atoms with E-state index in [1.807, 2.05) is 0 Å². The summed E-state index contributed by atoms with van der Waals surface area (Å²) in [5.74, 6) is -0.923. The van der Waals surface area contributed by atoms with Crippen LogP contribution in [0.3, 0.4) is 0 Å². The summed E-state index contributed by atoms with van der Waals surface area (Å²) < 4.78 is 16.7. The van der Waals surface area contributed by atoms with Gasteiger partial charge in [-0.25, -0.2) is 0 Å². The van der Waals surface area contributed by atoms with Crippen LogP contribution in [0.25, 0.3) is 0 Å². The first-order chi connectivity index (χ1) is 35.0. The maximum Gasteiger partial charge on any atom is 0.306 e. The van der Waals surface area contributed by atoms with E-state index < -0.39 is 6.10 Å². The van der Waals surface area contributed by atoms with Crippen LogP contribution in [-0.4, -0.2) is 37.2 Å². The van der Waals surface area contributed by atoms with Gasteiger partial charge in [0.15, 0.2) is 6.10 Å². The van der Waals surface area contributed by atoms with Crippen molar-refractivity contribution >= 4 is 17.9 Å². The van der Waals surface area contributed by atoms with Gasteiger partial charge in [-0.05, 0) is 109 Å². The van der Waals surface area contributed by atoms with E-state index in [9.17, 15) is 14.4 Å². The fourth-order valence-corrected chi connectivity index (χ4v) is 7.67. The molecule has 71 heavy (non-hydrogen) atoms. The molecule has 0 amide bonds. The first-order valence-corrected chi connectivity index (χ1v) is 29.0. The molecule has 0 aromatic heterocycles. The number of carbonyl (C=O) groups is 3. The van der Waals surface area contributed by atoms with Crippen molar-refractivity contribution in [3.63, 3.8) is 0 Å². The maximum absolute atomic E-state index is 12.8. The van der Waals surface area contributed by atoms with Gasteiger partial charge in [0.05, 0.1) is 0 Å².